The molecule has 2 aromatic rings. The van der Waals surface area contributed by atoms with Gasteiger partial charge in [-0.3, -0.25) is 4.90 Å². The van der Waals surface area contributed by atoms with E-state index in [4.69, 9.17) is 4.74 Å². The molecular formula is C25H35N3O4S. The quantitative estimate of drug-likeness (QED) is 0.557. The van der Waals surface area contributed by atoms with Crippen molar-refractivity contribution in [3.05, 3.63) is 53.7 Å². The van der Waals surface area contributed by atoms with Crippen LogP contribution in [0.25, 0.3) is 0 Å². The molecule has 1 aliphatic rings. The average molecular weight is 474 g/mol. The normalized spacial score (nSPS) is 17.5. The predicted molar refractivity (Wildman–Crippen MR) is 130 cm³/mol. The van der Waals surface area contributed by atoms with Gasteiger partial charge in [-0.2, -0.15) is 4.31 Å². The van der Waals surface area contributed by atoms with Gasteiger partial charge in [0.2, 0.25) is 10.0 Å². The molecule has 0 aliphatic carbocycles. The Hall–Kier alpha value is -2.45. The van der Waals surface area contributed by atoms with Crippen LogP contribution >= 0.6 is 0 Å². The van der Waals surface area contributed by atoms with Crippen LogP contribution in [0.1, 0.15) is 70.5 Å². The van der Waals surface area contributed by atoms with Crippen molar-refractivity contribution in [3.63, 3.8) is 0 Å². The van der Waals surface area contributed by atoms with Crippen LogP contribution in [-0.2, 0) is 14.8 Å². The summed E-state index contributed by atoms with van der Waals surface area (Å²) in [4.78, 5) is 19.0. The third kappa shape index (κ3) is 6.12. The molecule has 0 saturated carbocycles. The van der Waals surface area contributed by atoms with Crippen molar-refractivity contribution in [2.75, 3.05) is 18.0 Å². The SMILES string of the molecule is CCCN(C(=O)OC(C)(C)C)c1ccc([C@@H]2CCCCN2S(=O)(=O)c2ccc(C)cc2)cn1. The Balaban J connectivity index is 1.87. The lowest BCUT2D eigenvalue weighted by Crippen LogP contribution is -2.39. The van der Waals surface area contributed by atoms with Crippen molar-refractivity contribution in [1.82, 2.24) is 9.29 Å². The van der Waals surface area contributed by atoms with Gasteiger partial charge >= 0.3 is 6.09 Å². The van der Waals surface area contributed by atoms with Gasteiger partial charge in [0.25, 0.3) is 0 Å². The lowest BCUT2D eigenvalue weighted by Gasteiger charge is -2.35. The zero-order valence-electron chi connectivity index (χ0n) is 20.2. The first-order valence-electron chi connectivity index (χ1n) is 11.6. The van der Waals surface area contributed by atoms with Crippen LogP contribution in [0.4, 0.5) is 10.6 Å². The number of nitrogens with zero attached hydrogens (tertiary/aromatic N) is 3. The Bertz CT molecular complexity index is 1040. The van der Waals surface area contributed by atoms with Gasteiger partial charge in [-0.05, 0) is 70.7 Å². The Labute approximate surface area is 197 Å². The summed E-state index contributed by atoms with van der Waals surface area (Å²) in [5.74, 6) is 0.499. The molecule has 0 bridgehead atoms. The van der Waals surface area contributed by atoms with Crippen molar-refractivity contribution in [1.29, 1.82) is 0 Å². The highest BCUT2D eigenvalue weighted by Crippen LogP contribution is 2.35. The molecule has 0 radical (unpaired) electrons. The minimum Gasteiger partial charge on any atom is -0.443 e. The number of carbonyl (C=O) groups excluding carboxylic acids is 1. The first-order valence-corrected chi connectivity index (χ1v) is 13.0. The van der Waals surface area contributed by atoms with Crippen LogP contribution < -0.4 is 4.90 Å². The highest BCUT2D eigenvalue weighted by Gasteiger charge is 2.34. The number of hydrogen-bond acceptors (Lipinski definition) is 5. The van der Waals surface area contributed by atoms with E-state index in [0.29, 0.717) is 23.8 Å². The Morgan fingerprint density at radius 2 is 1.85 bits per heavy atom. The smallest absolute Gasteiger partial charge is 0.416 e. The standard InChI is InChI=1S/C25H35N3O4S/c1-6-16-27(24(29)32-25(3,4)5)23-15-12-20(18-26-23)22-9-7-8-17-28(22)33(30,31)21-13-10-19(2)11-14-21/h10-15,18,22H,6-9,16-17H2,1-5H3/t22-/m0/s1. The largest absolute Gasteiger partial charge is 0.443 e. The van der Waals surface area contributed by atoms with Gasteiger partial charge in [-0.15, -0.1) is 0 Å². The van der Waals surface area contributed by atoms with Crippen LogP contribution in [0.2, 0.25) is 0 Å². The first-order chi connectivity index (χ1) is 15.5. The van der Waals surface area contributed by atoms with Crippen LogP contribution in [0, 0.1) is 6.92 Å². The van der Waals surface area contributed by atoms with Crippen LogP contribution in [0.15, 0.2) is 47.5 Å². The molecule has 0 unspecified atom stereocenters. The van der Waals surface area contributed by atoms with E-state index in [1.54, 1.807) is 28.7 Å². The minimum absolute atomic E-state index is 0.284. The van der Waals surface area contributed by atoms with Gasteiger partial charge < -0.3 is 4.74 Å². The number of carbonyl (C=O) groups is 1. The molecule has 2 heterocycles. The lowest BCUT2D eigenvalue weighted by atomic mass is 9.99. The van der Waals surface area contributed by atoms with Crippen molar-refractivity contribution in [2.45, 2.75) is 76.8 Å². The topological polar surface area (TPSA) is 79.8 Å². The highest BCUT2D eigenvalue weighted by atomic mass is 32.2. The fourth-order valence-corrected chi connectivity index (χ4v) is 5.65. The molecule has 0 spiro atoms. The molecule has 8 heteroatoms. The highest BCUT2D eigenvalue weighted by molar-refractivity contribution is 7.89. The molecule has 7 nitrogen and oxygen atoms in total. The zero-order valence-corrected chi connectivity index (χ0v) is 21.1. The minimum atomic E-state index is -3.62. The molecule has 1 aliphatic heterocycles. The van der Waals surface area contributed by atoms with Crippen LogP contribution in [0.5, 0.6) is 0 Å². The Morgan fingerprint density at radius 1 is 1.15 bits per heavy atom. The Morgan fingerprint density at radius 3 is 2.42 bits per heavy atom. The summed E-state index contributed by atoms with van der Waals surface area (Å²) >= 11 is 0. The first kappa shape index (κ1) is 25.2. The number of piperidine rings is 1. The molecule has 0 N–H and O–H groups in total. The predicted octanol–water partition coefficient (Wildman–Crippen LogP) is 5.46. The lowest BCUT2D eigenvalue weighted by molar-refractivity contribution is 0.0579. The second kappa shape index (κ2) is 10.2. The van der Waals surface area contributed by atoms with E-state index < -0.39 is 21.7 Å². The third-order valence-electron chi connectivity index (χ3n) is 5.57. The fraction of sp³-hybridized carbons (Fsp3) is 0.520. The second-order valence-electron chi connectivity index (χ2n) is 9.52. The van der Waals surface area contributed by atoms with Crippen molar-refractivity contribution in [3.8, 4) is 0 Å². The summed E-state index contributed by atoms with van der Waals surface area (Å²) in [5, 5.41) is 0. The molecule has 3 rings (SSSR count). The van der Waals surface area contributed by atoms with E-state index in [0.717, 1.165) is 36.8 Å². The summed E-state index contributed by atoms with van der Waals surface area (Å²) in [6.07, 6.45) is 4.52. The van der Waals surface area contributed by atoms with Crippen molar-refractivity contribution >= 4 is 21.9 Å². The van der Waals surface area contributed by atoms with Crippen LogP contribution in [-0.4, -0.2) is 42.5 Å². The van der Waals surface area contributed by atoms with E-state index >= 15 is 0 Å². The van der Waals surface area contributed by atoms with Crippen LogP contribution in [0.3, 0.4) is 0 Å². The number of benzene rings is 1. The molecule has 1 saturated heterocycles. The summed E-state index contributed by atoms with van der Waals surface area (Å²) < 4.78 is 33.9. The van der Waals surface area contributed by atoms with Gasteiger partial charge in [0.15, 0.2) is 0 Å². The average Bonchev–Trinajstić information content (AvgIpc) is 2.77. The molecule has 1 atom stereocenters. The fourth-order valence-electron chi connectivity index (χ4n) is 3.97. The monoisotopic (exact) mass is 473 g/mol. The van der Waals surface area contributed by atoms with E-state index in [1.165, 1.54) is 4.90 Å². The molecule has 33 heavy (non-hydrogen) atoms. The second-order valence-corrected chi connectivity index (χ2v) is 11.4. The molecular weight excluding hydrogens is 438 g/mol. The number of ether oxygens (including phenoxy) is 1. The number of rotatable bonds is 6. The van der Waals surface area contributed by atoms with E-state index in [-0.39, 0.29) is 6.04 Å². The number of aryl methyl sites for hydroxylation is 1. The molecule has 1 amide bonds. The number of pyridine rings is 1. The zero-order chi connectivity index (χ0) is 24.2. The number of amides is 1. The summed E-state index contributed by atoms with van der Waals surface area (Å²) in [6.45, 7) is 10.4. The Kier molecular flexibility index (Phi) is 7.80. The van der Waals surface area contributed by atoms with Gasteiger partial charge in [-0.1, -0.05) is 37.1 Å². The van der Waals surface area contributed by atoms with Crippen molar-refractivity contribution < 1.29 is 17.9 Å². The summed E-state index contributed by atoms with van der Waals surface area (Å²) in [5.41, 5.74) is 1.25. The third-order valence-corrected chi connectivity index (χ3v) is 7.50. The summed E-state index contributed by atoms with van der Waals surface area (Å²) in [6, 6.07) is 10.3. The maximum absolute atomic E-state index is 13.4. The van der Waals surface area contributed by atoms with Crippen molar-refractivity contribution in [2.24, 2.45) is 0 Å². The molecule has 1 aromatic carbocycles. The number of aromatic nitrogens is 1. The van der Waals surface area contributed by atoms with E-state index in [9.17, 15) is 13.2 Å². The molecule has 1 aromatic heterocycles. The molecule has 1 fully saturated rings. The van der Waals surface area contributed by atoms with E-state index in [2.05, 4.69) is 4.98 Å². The maximum atomic E-state index is 13.4. The summed E-state index contributed by atoms with van der Waals surface area (Å²) in [7, 11) is -3.62. The van der Waals surface area contributed by atoms with Gasteiger partial charge in [0, 0.05) is 19.3 Å². The van der Waals surface area contributed by atoms with Gasteiger partial charge in [0.1, 0.15) is 11.4 Å². The van der Waals surface area contributed by atoms with Gasteiger partial charge in [0.05, 0.1) is 10.9 Å². The molecule has 180 valence electrons. The van der Waals surface area contributed by atoms with E-state index in [1.807, 2.05) is 52.8 Å². The number of sulfonamides is 1. The van der Waals surface area contributed by atoms with Gasteiger partial charge in [-0.25, -0.2) is 18.2 Å². The number of hydrogen-bond donors (Lipinski definition) is 0. The number of anilines is 1. The maximum Gasteiger partial charge on any atom is 0.416 e.